The zero-order chi connectivity index (χ0) is 26.3. The summed E-state index contributed by atoms with van der Waals surface area (Å²) in [4.78, 5) is 11.7. The van der Waals surface area contributed by atoms with Crippen LogP contribution < -0.4 is 4.90 Å². The van der Waals surface area contributed by atoms with Gasteiger partial charge >= 0.3 is 6.18 Å². The Morgan fingerprint density at radius 3 is 1.97 bits per heavy atom. The van der Waals surface area contributed by atoms with Gasteiger partial charge in [0.1, 0.15) is 5.82 Å². The van der Waals surface area contributed by atoms with Gasteiger partial charge in [0.15, 0.2) is 5.82 Å². The van der Waals surface area contributed by atoms with Crippen LogP contribution in [-0.2, 0) is 16.2 Å². The molecule has 0 amide bonds. The van der Waals surface area contributed by atoms with Crippen LogP contribution in [0.1, 0.15) is 42.1 Å². The molecule has 1 saturated heterocycles. The van der Waals surface area contributed by atoms with Crippen LogP contribution in [0.5, 0.6) is 0 Å². The Hall–Kier alpha value is -2.98. The molecule has 0 bridgehead atoms. The number of rotatable bonds is 5. The molecule has 0 unspecified atom stereocenters. The van der Waals surface area contributed by atoms with Gasteiger partial charge in [-0.05, 0) is 44.0 Å². The smallest absolute Gasteiger partial charge is 0.354 e. The predicted molar refractivity (Wildman–Crippen MR) is 133 cm³/mol. The SMILES string of the molecule is Cc1ccc(S(=O)(=O)N2CCN(c3nc(-c4ccc(C(F)(F)F)cc4)nc(C)c3C(C)C)CC2)cc1. The van der Waals surface area contributed by atoms with Crippen LogP contribution in [0.15, 0.2) is 53.4 Å². The first-order valence-electron chi connectivity index (χ1n) is 11.8. The van der Waals surface area contributed by atoms with Crippen molar-refractivity contribution in [1.82, 2.24) is 14.3 Å². The summed E-state index contributed by atoms with van der Waals surface area (Å²) in [6.45, 7) is 9.31. The number of aryl methyl sites for hydroxylation is 2. The maximum atomic E-state index is 13.1. The fourth-order valence-electron chi connectivity index (χ4n) is 4.42. The summed E-state index contributed by atoms with van der Waals surface area (Å²) in [6.07, 6.45) is -4.42. The minimum Gasteiger partial charge on any atom is -0.354 e. The number of piperazine rings is 1. The van der Waals surface area contributed by atoms with Gasteiger partial charge in [0, 0.05) is 43.0 Å². The van der Waals surface area contributed by atoms with Crippen LogP contribution in [0.3, 0.4) is 0 Å². The van der Waals surface area contributed by atoms with Crippen LogP contribution in [0.25, 0.3) is 11.4 Å². The van der Waals surface area contributed by atoms with Gasteiger partial charge in [-0.25, -0.2) is 18.4 Å². The van der Waals surface area contributed by atoms with Crippen LogP contribution in [0, 0.1) is 13.8 Å². The third kappa shape index (κ3) is 5.24. The topological polar surface area (TPSA) is 66.4 Å². The van der Waals surface area contributed by atoms with Gasteiger partial charge in [-0.3, -0.25) is 0 Å². The predicted octanol–water partition coefficient (Wildman–Crippen LogP) is 5.41. The molecule has 3 aromatic rings. The quantitative estimate of drug-likeness (QED) is 0.452. The van der Waals surface area contributed by atoms with Gasteiger partial charge in [0.05, 0.1) is 10.5 Å². The standard InChI is InChI=1S/C26H29F3N4O2S/c1-17(2)23-19(4)30-24(20-7-9-21(10-8-20)26(27,28)29)31-25(23)32-13-15-33(16-14-32)36(34,35)22-11-5-18(3)6-12-22/h5-12,17H,13-16H2,1-4H3. The molecule has 0 spiro atoms. The number of alkyl halides is 3. The van der Waals surface area contributed by atoms with Gasteiger partial charge < -0.3 is 4.90 Å². The van der Waals surface area contributed by atoms with Crippen LogP contribution in [0.2, 0.25) is 0 Å². The molecule has 36 heavy (non-hydrogen) atoms. The van der Waals surface area contributed by atoms with Crippen molar-refractivity contribution in [1.29, 1.82) is 0 Å². The van der Waals surface area contributed by atoms with E-state index in [1.165, 1.54) is 16.4 Å². The molecule has 1 fully saturated rings. The summed E-state index contributed by atoms with van der Waals surface area (Å²) < 4.78 is 66.7. The zero-order valence-electron chi connectivity index (χ0n) is 20.7. The zero-order valence-corrected chi connectivity index (χ0v) is 21.5. The minimum atomic E-state index is -4.42. The van der Waals surface area contributed by atoms with E-state index in [1.54, 1.807) is 24.3 Å². The van der Waals surface area contributed by atoms with E-state index in [-0.39, 0.29) is 10.8 Å². The molecule has 0 atom stereocenters. The van der Waals surface area contributed by atoms with Crippen molar-refractivity contribution in [3.63, 3.8) is 0 Å². The molecule has 2 heterocycles. The third-order valence-corrected chi connectivity index (χ3v) is 8.27. The lowest BCUT2D eigenvalue weighted by Crippen LogP contribution is -2.49. The van der Waals surface area contributed by atoms with Gasteiger partial charge in [0.25, 0.3) is 0 Å². The van der Waals surface area contributed by atoms with Gasteiger partial charge in [-0.1, -0.05) is 43.7 Å². The first-order chi connectivity index (χ1) is 16.9. The highest BCUT2D eigenvalue weighted by atomic mass is 32.2. The summed E-state index contributed by atoms with van der Waals surface area (Å²) in [5.41, 5.74) is 2.44. The molecular weight excluding hydrogens is 489 g/mol. The lowest BCUT2D eigenvalue weighted by molar-refractivity contribution is -0.137. The summed E-state index contributed by atoms with van der Waals surface area (Å²) in [6, 6.07) is 11.6. The van der Waals surface area contributed by atoms with E-state index in [0.717, 1.165) is 29.0 Å². The van der Waals surface area contributed by atoms with Crippen molar-refractivity contribution in [2.24, 2.45) is 0 Å². The van der Waals surface area contributed by atoms with E-state index in [4.69, 9.17) is 4.98 Å². The molecule has 192 valence electrons. The third-order valence-electron chi connectivity index (χ3n) is 6.36. The van der Waals surface area contributed by atoms with E-state index in [2.05, 4.69) is 4.98 Å². The fraction of sp³-hybridized carbons (Fsp3) is 0.385. The summed E-state index contributed by atoms with van der Waals surface area (Å²) in [5.74, 6) is 1.14. The molecule has 1 aliphatic heterocycles. The molecule has 4 rings (SSSR count). The summed E-state index contributed by atoms with van der Waals surface area (Å²) in [5, 5.41) is 0. The molecule has 6 nitrogen and oxygen atoms in total. The number of aromatic nitrogens is 2. The molecule has 0 aliphatic carbocycles. The van der Waals surface area contributed by atoms with Crippen LogP contribution in [-0.4, -0.2) is 48.9 Å². The molecule has 10 heteroatoms. The normalized spacial score (nSPS) is 15.5. The Bertz CT molecular complexity index is 1330. The molecule has 2 aromatic carbocycles. The average Bonchev–Trinajstić information content (AvgIpc) is 2.83. The monoisotopic (exact) mass is 518 g/mol. The number of benzene rings is 2. The van der Waals surface area contributed by atoms with Gasteiger partial charge in [-0.15, -0.1) is 0 Å². The summed E-state index contributed by atoms with van der Waals surface area (Å²) >= 11 is 0. The molecule has 1 aromatic heterocycles. The van der Waals surface area contributed by atoms with Crippen molar-refractivity contribution in [3.05, 3.63) is 70.9 Å². The Kier molecular flexibility index (Phi) is 7.12. The van der Waals surface area contributed by atoms with E-state index in [9.17, 15) is 21.6 Å². The largest absolute Gasteiger partial charge is 0.416 e. The van der Waals surface area contributed by atoms with Crippen molar-refractivity contribution in [2.45, 2.75) is 44.7 Å². The van der Waals surface area contributed by atoms with Gasteiger partial charge in [-0.2, -0.15) is 17.5 Å². The average molecular weight is 519 g/mol. The van der Waals surface area contributed by atoms with E-state index in [1.807, 2.05) is 32.6 Å². The van der Waals surface area contributed by atoms with Crippen molar-refractivity contribution >= 4 is 15.8 Å². The molecule has 0 N–H and O–H groups in total. The van der Waals surface area contributed by atoms with E-state index >= 15 is 0 Å². The lowest BCUT2D eigenvalue weighted by atomic mass is 10.0. The second kappa shape index (κ2) is 9.82. The Balaban J connectivity index is 1.62. The number of sulfonamides is 1. The Morgan fingerprint density at radius 2 is 1.44 bits per heavy atom. The van der Waals surface area contributed by atoms with Gasteiger partial charge in [0.2, 0.25) is 10.0 Å². The fourth-order valence-corrected chi connectivity index (χ4v) is 5.84. The minimum absolute atomic E-state index is 0.107. The van der Waals surface area contributed by atoms with Crippen LogP contribution in [0.4, 0.5) is 19.0 Å². The van der Waals surface area contributed by atoms with Crippen LogP contribution >= 0.6 is 0 Å². The Labute approximate surface area is 209 Å². The highest BCUT2D eigenvalue weighted by Crippen LogP contribution is 2.34. The number of hydrogen-bond acceptors (Lipinski definition) is 5. The number of halogens is 3. The van der Waals surface area contributed by atoms with Crippen molar-refractivity contribution in [2.75, 3.05) is 31.1 Å². The van der Waals surface area contributed by atoms with E-state index < -0.39 is 21.8 Å². The highest BCUT2D eigenvalue weighted by Gasteiger charge is 2.32. The van der Waals surface area contributed by atoms with Crippen molar-refractivity contribution in [3.8, 4) is 11.4 Å². The second-order valence-corrected chi connectivity index (χ2v) is 11.2. The first kappa shape index (κ1) is 26.1. The maximum Gasteiger partial charge on any atom is 0.416 e. The van der Waals surface area contributed by atoms with E-state index in [0.29, 0.717) is 43.4 Å². The second-order valence-electron chi connectivity index (χ2n) is 9.30. The molecule has 0 radical (unpaired) electrons. The molecule has 1 aliphatic rings. The lowest BCUT2D eigenvalue weighted by Gasteiger charge is -2.36. The maximum absolute atomic E-state index is 13.1. The Morgan fingerprint density at radius 1 is 0.861 bits per heavy atom. The number of anilines is 1. The molecular formula is C26H29F3N4O2S. The summed E-state index contributed by atoms with van der Waals surface area (Å²) in [7, 11) is -3.60. The van der Waals surface area contributed by atoms with Crippen molar-refractivity contribution < 1.29 is 21.6 Å². The first-order valence-corrected chi connectivity index (χ1v) is 13.2. The number of hydrogen-bond donors (Lipinski definition) is 0. The number of nitrogens with zero attached hydrogens (tertiary/aromatic N) is 4. The highest BCUT2D eigenvalue weighted by molar-refractivity contribution is 7.89. The molecule has 0 saturated carbocycles.